The van der Waals surface area contributed by atoms with E-state index in [1.807, 2.05) is 25.1 Å². The Labute approximate surface area is 150 Å². The lowest BCUT2D eigenvalue weighted by Gasteiger charge is -2.15. The zero-order valence-corrected chi connectivity index (χ0v) is 15.6. The molecule has 1 saturated carbocycles. The molecule has 1 aliphatic rings. The van der Waals surface area contributed by atoms with Crippen molar-refractivity contribution in [1.29, 1.82) is 0 Å². The lowest BCUT2D eigenvalue weighted by Crippen LogP contribution is -2.18. The molecule has 1 heterocycles. The largest absolute Gasteiger partial charge is 0.611 e. The Balaban J connectivity index is 2.06. The summed E-state index contributed by atoms with van der Waals surface area (Å²) in [5.74, 6) is 2.20. The normalized spacial score (nSPS) is 15.0. The van der Waals surface area contributed by atoms with Crippen LogP contribution in [0.5, 0.6) is 11.5 Å². The minimum atomic E-state index is -1.06. The van der Waals surface area contributed by atoms with Crippen molar-refractivity contribution in [3.05, 3.63) is 40.8 Å². The van der Waals surface area contributed by atoms with Crippen LogP contribution in [0.1, 0.15) is 19.8 Å². The van der Waals surface area contributed by atoms with Crippen LogP contribution in [0.25, 0.3) is 11.1 Å². The summed E-state index contributed by atoms with van der Waals surface area (Å²) in [5.41, 5.74) is 1.44. The fourth-order valence-corrected chi connectivity index (χ4v) is 3.44. The average Bonchev–Trinajstić information content (AvgIpc) is 3.45. The minimum absolute atomic E-state index is 0.194. The third kappa shape index (κ3) is 4.02. The number of aromatic nitrogens is 1. The van der Waals surface area contributed by atoms with Crippen molar-refractivity contribution in [3.63, 3.8) is 0 Å². The van der Waals surface area contributed by atoms with Crippen molar-refractivity contribution >= 4 is 11.2 Å². The van der Waals surface area contributed by atoms with Crippen LogP contribution in [0.15, 0.2) is 40.2 Å². The predicted octanol–water partition coefficient (Wildman–Crippen LogP) is 2.98. The maximum absolute atomic E-state index is 12.2. The molecule has 1 aliphatic carbocycles. The minimum Gasteiger partial charge on any atom is -0.611 e. The molecule has 0 aliphatic heterocycles. The highest BCUT2D eigenvalue weighted by Gasteiger charge is 2.23. The summed E-state index contributed by atoms with van der Waals surface area (Å²) in [6.07, 6.45) is 4.17. The Bertz CT molecular complexity index is 814. The fraction of sp³-hybridized carbons (Fsp3) is 0.421. The van der Waals surface area contributed by atoms with Crippen molar-refractivity contribution in [3.8, 4) is 22.6 Å². The van der Waals surface area contributed by atoms with Gasteiger partial charge in [0.05, 0.1) is 13.7 Å². The molecule has 0 N–H and O–H groups in total. The third-order valence-electron chi connectivity index (χ3n) is 4.33. The predicted molar refractivity (Wildman–Crippen MR) is 98.8 cm³/mol. The van der Waals surface area contributed by atoms with E-state index >= 15 is 0 Å². The van der Waals surface area contributed by atoms with Crippen LogP contribution < -0.4 is 15.0 Å². The van der Waals surface area contributed by atoms with Gasteiger partial charge in [0.25, 0.3) is 5.56 Å². The summed E-state index contributed by atoms with van der Waals surface area (Å²) in [4.78, 5) is 12.8. The van der Waals surface area contributed by atoms with Crippen LogP contribution >= 0.6 is 0 Å². The molecule has 0 spiro atoms. The molecule has 1 fully saturated rings. The van der Waals surface area contributed by atoms with Crippen LogP contribution in [0, 0.1) is 5.92 Å². The van der Waals surface area contributed by atoms with E-state index in [1.165, 1.54) is 24.5 Å². The summed E-state index contributed by atoms with van der Waals surface area (Å²) in [5, 5.41) is 0. The molecule has 2 aromatic rings. The Kier molecular flexibility index (Phi) is 5.39. The summed E-state index contributed by atoms with van der Waals surface area (Å²) in [6, 6.07) is 7.32. The Morgan fingerprint density at radius 3 is 2.68 bits per heavy atom. The molecule has 25 heavy (non-hydrogen) atoms. The van der Waals surface area contributed by atoms with Crippen molar-refractivity contribution in [2.45, 2.75) is 24.7 Å². The molecule has 0 saturated heterocycles. The zero-order chi connectivity index (χ0) is 18.0. The van der Waals surface area contributed by atoms with Crippen LogP contribution in [0.4, 0.5) is 0 Å². The van der Waals surface area contributed by atoms with Crippen molar-refractivity contribution in [2.75, 3.05) is 19.5 Å². The topological polar surface area (TPSA) is 63.5 Å². The van der Waals surface area contributed by atoms with E-state index in [4.69, 9.17) is 9.47 Å². The number of hydrogen-bond acceptors (Lipinski definition) is 4. The second-order valence-corrected chi connectivity index (χ2v) is 8.00. The number of rotatable bonds is 7. The van der Waals surface area contributed by atoms with Gasteiger partial charge in [-0.15, -0.1) is 0 Å². The molecule has 0 bridgehead atoms. The maximum Gasteiger partial charge on any atom is 0.292 e. The number of methoxy groups -OCH3 is 1. The molecular weight excluding hydrogens is 338 g/mol. The van der Waals surface area contributed by atoms with E-state index in [-0.39, 0.29) is 11.3 Å². The molecule has 3 rings (SSSR count). The summed E-state index contributed by atoms with van der Waals surface area (Å²) < 4.78 is 24.9. The van der Waals surface area contributed by atoms with Crippen LogP contribution in [-0.2, 0) is 18.2 Å². The van der Waals surface area contributed by atoms with Gasteiger partial charge in [-0.2, -0.15) is 0 Å². The summed E-state index contributed by atoms with van der Waals surface area (Å²) in [7, 11) is 3.17. The quantitative estimate of drug-likeness (QED) is 0.711. The first kappa shape index (κ1) is 17.9. The molecule has 1 aromatic carbocycles. The van der Waals surface area contributed by atoms with Gasteiger partial charge in [-0.1, -0.05) is 0 Å². The van der Waals surface area contributed by atoms with Crippen LogP contribution in [-0.4, -0.2) is 28.6 Å². The number of pyridine rings is 1. The highest BCUT2D eigenvalue weighted by atomic mass is 32.2. The highest BCUT2D eigenvalue weighted by Crippen LogP contribution is 2.36. The molecule has 134 valence electrons. The average molecular weight is 361 g/mol. The first-order valence-electron chi connectivity index (χ1n) is 8.43. The molecule has 1 aromatic heterocycles. The van der Waals surface area contributed by atoms with E-state index in [0.29, 0.717) is 18.3 Å². The molecular formula is C19H23NO4S. The lowest BCUT2D eigenvalue weighted by atomic mass is 10.1. The van der Waals surface area contributed by atoms with Gasteiger partial charge in [0, 0.05) is 30.4 Å². The van der Waals surface area contributed by atoms with Gasteiger partial charge in [-0.3, -0.25) is 4.79 Å². The van der Waals surface area contributed by atoms with Crippen molar-refractivity contribution < 1.29 is 14.0 Å². The third-order valence-corrected chi connectivity index (χ3v) is 5.63. The van der Waals surface area contributed by atoms with Crippen LogP contribution in [0.2, 0.25) is 0 Å². The Morgan fingerprint density at radius 2 is 2.04 bits per heavy atom. The number of aryl methyl sites for hydroxylation is 1. The number of hydrogen-bond donors (Lipinski definition) is 0. The molecule has 1 atom stereocenters. The summed E-state index contributed by atoms with van der Waals surface area (Å²) in [6.45, 7) is 2.58. The van der Waals surface area contributed by atoms with Gasteiger partial charge in [0.15, 0.2) is 10.6 Å². The number of ether oxygens (including phenoxy) is 2. The van der Waals surface area contributed by atoms with Gasteiger partial charge in [0.1, 0.15) is 11.5 Å². The van der Waals surface area contributed by atoms with Crippen molar-refractivity contribution in [2.24, 2.45) is 13.0 Å². The van der Waals surface area contributed by atoms with Gasteiger partial charge >= 0.3 is 0 Å². The second kappa shape index (κ2) is 7.54. The Morgan fingerprint density at radius 1 is 1.28 bits per heavy atom. The zero-order valence-electron chi connectivity index (χ0n) is 14.8. The van der Waals surface area contributed by atoms with E-state index in [2.05, 4.69) is 0 Å². The van der Waals surface area contributed by atoms with Crippen LogP contribution in [0.3, 0.4) is 0 Å². The van der Waals surface area contributed by atoms with Gasteiger partial charge < -0.3 is 18.6 Å². The summed E-state index contributed by atoms with van der Waals surface area (Å²) >= 11 is -1.06. The first-order valence-corrected chi connectivity index (χ1v) is 9.75. The van der Waals surface area contributed by atoms with E-state index in [9.17, 15) is 9.35 Å². The molecule has 0 amide bonds. The molecule has 0 radical (unpaired) electrons. The fourth-order valence-electron chi connectivity index (χ4n) is 2.64. The Hall–Kier alpha value is -1.92. The smallest absolute Gasteiger partial charge is 0.292 e. The van der Waals surface area contributed by atoms with E-state index in [0.717, 1.165) is 21.8 Å². The van der Waals surface area contributed by atoms with Gasteiger partial charge in [-0.25, -0.2) is 0 Å². The molecule has 1 unspecified atom stereocenters. The second-order valence-electron chi connectivity index (χ2n) is 6.26. The van der Waals surface area contributed by atoms with Gasteiger partial charge in [0.2, 0.25) is 0 Å². The molecule has 6 heteroatoms. The van der Waals surface area contributed by atoms with E-state index < -0.39 is 11.2 Å². The van der Waals surface area contributed by atoms with Crippen molar-refractivity contribution in [1.82, 2.24) is 4.57 Å². The van der Waals surface area contributed by atoms with Gasteiger partial charge in [-0.05, 0) is 55.1 Å². The number of benzene rings is 1. The lowest BCUT2D eigenvalue weighted by molar-refractivity contribution is 0.301. The standard InChI is InChI=1S/C19H23NO4S/c1-4-25(22)15-7-8-17(24-12-13-5-6-13)16(10-15)14-9-18(23-3)19(21)20(2)11-14/h7-11,13H,4-6,12H2,1-3H3. The molecule has 5 nitrogen and oxygen atoms in total. The number of nitrogens with zero attached hydrogens (tertiary/aromatic N) is 1. The van der Waals surface area contributed by atoms with E-state index in [1.54, 1.807) is 19.3 Å². The maximum atomic E-state index is 12.2. The SMILES string of the molecule is CC[S+]([O-])c1ccc(OCC2CC2)c(-c2cc(OC)c(=O)n(C)c2)c1. The monoisotopic (exact) mass is 361 g/mol. The highest BCUT2D eigenvalue weighted by molar-refractivity contribution is 7.91. The first-order chi connectivity index (χ1) is 12.0.